The van der Waals surface area contributed by atoms with Gasteiger partial charge in [0, 0.05) is 0 Å². The summed E-state index contributed by atoms with van der Waals surface area (Å²) in [6, 6.07) is 0. The van der Waals surface area contributed by atoms with Crippen molar-refractivity contribution in [1.82, 2.24) is 0 Å². The molecule has 0 saturated carbocycles. The van der Waals surface area contributed by atoms with Crippen molar-refractivity contribution < 1.29 is 29.6 Å². The molecule has 0 aliphatic heterocycles. The predicted octanol–water partition coefficient (Wildman–Crippen LogP) is -2.39. The van der Waals surface area contributed by atoms with Gasteiger partial charge in [-0.25, -0.2) is 0 Å². The van der Waals surface area contributed by atoms with E-state index in [-0.39, 0.29) is 41.3 Å². The normalized spacial score (nSPS) is 4.17. The first-order valence-electron chi connectivity index (χ1n) is 0.716. The molecule has 6 heavy (non-hydrogen) atoms. The van der Waals surface area contributed by atoms with Crippen LogP contribution < -0.4 is 35.3 Å². The van der Waals surface area contributed by atoms with Crippen LogP contribution >= 0.6 is 24.8 Å². The average Bonchev–Trinajstić information content (AvgIpc) is 0.811. The minimum absolute atomic E-state index is 0. The monoisotopic (exact) mass is 131 g/mol. The Bertz CT molecular complexity index is 34.5. The van der Waals surface area contributed by atoms with Crippen LogP contribution in [-0.2, 0) is 0 Å². The molecule has 0 aromatic carbocycles. The van der Waals surface area contributed by atoms with Crippen LogP contribution in [0.3, 0.4) is 0 Å². The SMILES string of the molecule is NC(=S)S.[CH3-].[Na+]. The maximum absolute atomic E-state index is 4.71. The van der Waals surface area contributed by atoms with Gasteiger partial charge in [-0.1, -0.05) is 12.2 Å². The Morgan fingerprint density at radius 2 is 1.67 bits per heavy atom. The Morgan fingerprint density at radius 3 is 1.67 bits per heavy atom. The van der Waals surface area contributed by atoms with Crippen LogP contribution in [0, 0.1) is 7.43 Å². The maximum Gasteiger partial charge on any atom is 1.00 e. The van der Waals surface area contributed by atoms with Gasteiger partial charge in [-0.2, -0.15) is 0 Å². The van der Waals surface area contributed by atoms with E-state index in [4.69, 9.17) is 5.73 Å². The van der Waals surface area contributed by atoms with Gasteiger partial charge >= 0.3 is 29.6 Å². The van der Waals surface area contributed by atoms with Crippen molar-refractivity contribution >= 4 is 29.2 Å². The molecule has 0 fully saturated rings. The molecular weight excluding hydrogens is 125 g/mol. The van der Waals surface area contributed by atoms with Gasteiger partial charge in [-0.3, -0.25) is 0 Å². The van der Waals surface area contributed by atoms with Gasteiger partial charge in [0.15, 0.2) is 0 Å². The molecule has 0 bridgehead atoms. The quantitative estimate of drug-likeness (QED) is 0.166. The van der Waals surface area contributed by atoms with E-state index in [1.165, 1.54) is 0 Å². The smallest absolute Gasteiger partial charge is 0.385 e. The van der Waals surface area contributed by atoms with Gasteiger partial charge in [0.05, 0.1) is 0 Å². The van der Waals surface area contributed by atoms with E-state index in [2.05, 4.69) is 24.8 Å². The molecule has 0 aromatic heterocycles. The van der Waals surface area contributed by atoms with Crippen LogP contribution in [0.1, 0.15) is 0 Å². The molecule has 0 radical (unpaired) electrons. The number of thiol groups is 1. The molecule has 0 aliphatic carbocycles. The second-order valence-electron chi connectivity index (χ2n) is 0.338. The van der Waals surface area contributed by atoms with Crippen molar-refractivity contribution in [3.8, 4) is 0 Å². The summed E-state index contributed by atoms with van der Waals surface area (Å²) < 4.78 is 0.194. The third-order valence-corrected chi connectivity index (χ3v) is 0. The number of hydrogen-bond acceptors (Lipinski definition) is 1. The van der Waals surface area contributed by atoms with Gasteiger partial charge in [-0.15, -0.1) is 12.6 Å². The van der Waals surface area contributed by atoms with Crippen molar-refractivity contribution in [2.24, 2.45) is 5.73 Å². The standard InChI is InChI=1S/CH3NS2.CH3.Na/c2-1(3)4;;/h(H3,2,3,4);1H3;/q;-1;+1. The van der Waals surface area contributed by atoms with Crippen LogP contribution in [0.5, 0.6) is 0 Å². The predicted molar refractivity (Wildman–Crippen MR) is 32.2 cm³/mol. The Balaban J connectivity index is -0.0000000450. The summed E-state index contributed by atoms with van der Waals surface area (Å²) >= 11 is 7.65. The Labute approximate surface area is 71.4 Å². The van der Waals surface area contributed by atoms with Gasteiger partial charge in [0.1, 0.15) is 4.32 Å². The molecule has 0 atom stereocenters. The summed E-state index contributed by atoms with van der Waals surface area (Å²) in [6.07, 6.45) is 0. The zero-order valence-corrected chi connectivity index (χ0v) is 7.64. The molecule has 0 saturated heterocycles. The van der Waals surface area contributed by atoms with E-state index < -0.39 is 0 Å². The van der Waals surface area contributed by atoms with E-state index in [1.54, 1.807) is 0 Å². The van der Waals surface area contributed by atoms with Gasteiger partial charge in [0.25, 0.3) is 0 Å². The third kappa shape index (κ3) is 61.3. The van der Waals surface area contributed by atoms with Crippen molar-refractivity contribution in [2.75, 3.05) is 0 Å². The number of hydrogen-bond donors (Lipinski definition) is 2. The number of nitrogens with two attached hydrogens (primary N) is 1. The third-order valence-electron chi connectivity index (χ3n) is 0. The summed E-state index contributed by atoms with van der Waals surface area (Å²) in [6.45, 7) is 0. The van der Waals surface area contributed by atoms with Crippen LogP contribution in [0.2, 0.25) is 0 Å². The second-order valence-corrected chi connectivity index (χ2v) is 1.56. The fourth-order valence-electron chi connectivity index (χ4n) is 0. The average molecular weight is 131 g/mol. The van der Waals surface area contributed by atoms with Gasteiger partial charge in [-0.05, 0) is 0 Å². The zero-order valence-electron chi connectivity index (χ0n) is 3.93. The summed E-state index contributed by atoms with van der Waals surface area (Å²) in [4.78, 5) is 0. The fourth-order valence-corrected chi connectivity index (χ4v) is 0. The van der Waals surface area contributed by atoms with E-state index in [0.29, 0.717) is 0 Å². The van der Waals surface area contributed by atoms with Crippen molar-refractivity contribution in [1.29, 1.82) is 0 Å². The summed E-state index contributed by atoms with van der Waals surface area (Å²) in [5.41, 5.74) is 4.71. The van der Waals surface area contributed by atoms with Crippen LogP contribution in [0.25, 0.3) is 0 Å². The summed E-state index contributed by atoms with van der Waals surface area (Å²) in [7, 11) is 0. The van der Waals surface area contributed by atoms with E-state index in [9.17, 15) is 0 Å². The minimum atomic E-state index is 0. The van der Waals surface area contributed by atoms with E-state index in [0.717, 1.165) is 0 Å². The molecule has 0 heterocycles. The number of rotatable bonds is 0. The molecule has 0 aliphatic rings. The first-order chi connectivity index (χ1) is 1.73. The molecule has 0 unspecified atom stereocenters. The number of thiocarbonyl (C=S) groups is 1. The van der Waals surface area contributed by atoms with Crippen LogP contribution in [-0.4, -0.2) is 4.32 Å². The molecule has 0 aromatic rings. The second kappa shape index (κ2) is 9.53. The van der Waals surface area contributed by atoms with Crippen LogP contribution in [0.4, 0.5) is 0 Å². The topological polar surface area (TPSA) is 26.0 Å². The summed E-state index contributed by atoms with van der Waals surface area (Å²) in [5.74, 6) is 0. The fraction of sp³-hybridized carbons (Fsp3) is 0. The Morgan fingerprint density at radius 1 is 1.67 bits per heavy atom. The minimum Gasteiger partial charge on any atom is -0.385 e. The van der Waals surface area contributed by atoms with Gasteiger partial charge < -0.3 is 13.2 Å². The van der Waals surface area contributed by atoms with Crippen molar-refractivity contribution in [3.05, 3.63) is 7.43 Å². The Kier molecular flexibility index (Phi) is 24.9. The molecule has 0 amide bonds. The van der Waals surface area contributed by atoms with Crippen molar-refractivity contribution in [2.45, 2.75) is 0 Å². The largest absolute Gasteiger partial charge is 1.00 e. The maximum atomic E-state index is 4.71. The molecule has 0 rings (SSSR count). The molecule has 2 N–H and O–H groups in total. The first-order valence-corrected chi connectivity index (χ1v) is 1.57. The van der Waals surface area contributed by atoms with Crippen LogP contribution in [0.15, 0.2) is 0 Å². The van der Waals surface area contributed by atoms with E-state index in [1.807, 2.05) is 0 Å². The summed E-state index contributed by atoms with van der Waals surface area (Å²) in [5, 5.41) is 0. The Hall–Kier alpha value is 1.24. The van der Waals surface area contributed by atoms with Crippen molar-refractivity contribution in [3.63, 3.8) is 0 Å². The van der Waals surface area contributed by atoms with E-state index >= 15 is 0 Å². The molecule has 32 valence electrons. The zero-order chi connectivity index (χ0) is 3.58. The molecule has 1 nitrogen and oxygen atoms in total. The van der Waals surface area contributed by atoms with Gasteiger partial charge in [0.2, 0.25) is 0 Å². The molecule has 4 heteroatoms. The molecular formula is C2H6NNaS2. The molecule has 0 spiro atoms. The first kappa shape index (κ1) is 15.7.